The first-order valence-electron chi connectivity index (χ1n) is 9.28. The van der Waals surface area contributed by atoms with Gasteiger partial charge in [0.2, 0.25) is 5.91 Å². The summed E-state index contributed by atoms with van der Waals surface area (Å²) < 4.78 is 5.71. The van der Waals surface area contributed by atoms with Gasteiger partial charge in [-0.2, -0.15) is 0 Å². The lowest BCUT2D eigenvalue weighted by molar-refractivity contribution is -0.209. The average molecular weight is 322 g/mol. The lowest BCUT2D eigenvalue weighted by Crippen LogP contribution is -2.69. The average Bonchev–Trinajstić information content (AvgIpc) is 2.50. The molecule has 0 aromatic heterocycles. The molecule has 3 aliphatic carbocycles. The minimum absolute atomic E-state index is 0.00684. The Balaban J connectivity index is 1.67. The normalized spacial score (nSPS) is 45.2. The molecule has 0 radical (unpaired) electrons. The largest absolute Gasteiger partial charge is 0.378 e. The van der Waals surface area contributed by atoms with E-state index in [9.17, 15) is 4.79 Å². The summed E-state index contributed by atoms with van der Waals surface area (Å²) in [6.45, 7) is 6.60. The maximum Gasteiger partial charge on any atom is 0.225 e. The minimum atomic E-state index is -0.127. The first kappa shape index (κ1) is 17.2. The van der Waals surface area contributed by atoms with Gasteiger partial charge in [0.25, 0.3) is 0 Å². The zero-order chi connectivity index (χ0) is 17.0. The second kappa shape index (κ2) is 5.73. The van der Waals surface area contributed by atoms with Gasteiger partial charge in [-0.05, 0) is 50.9 Å². The molecule has 2 bridgehead atoms. The van der Waals surface area contributed by atoms with Gasteiger partial charge in [-0.15, -0.1) is 0 Å². The highest BCUT2D eigenvalue weighted by Crippen LogP contribution is 2.54. The van der Waals surface area contributed by atoms with Crippen molar-refractivity contribution < 1.29 is 9.53 Å². The second-order valence-corrected chi connectivity index (χ2v) is 9.02. The summed E-state index contributed by atoms with van der Waals surface area (Å²) in [7, 11) is 3.78. The second-order valence-electron chi connectivity index (χ2n) is 9.02. The van der Waals surface area contributed by atoms with E-state index in [0.29, 0.717) is 23.8 Å². The highest BCUT2D eigenvalue weighted by molar-refractivity contribution is 5.79. The van der Waals surface area contributed by atoms with Gasteiger partial charge in [-0.3, -0.25) is 4.79 Å². The van der Waals surface area contributed by atoms with E-state index in [1.807, 2.05) is 11.9 Å². The predicted molar refractivity (Wildman–Crippen MR) is 91.9 cm³/mol. The lowest BCUT2D eigenvalue weighted by Gasteiger charge is -2.61. The van der Waals surface area contributed by atoms with Crippen molar-refractivity contribution in [1.29, 1.82) is 0 Å². The molecule has 2 N–H and O–H groups in total. The SMILES string of the molecule is COC1(C)CC(N(C)C(=O)C2CC3CCCC(C2)C3N)C1(C)C. The van der Waals surface area contributed by atoms with Gasteiger partial charge in [0, 0.05) is 37.6 Å². The van der Waals surface area contributed by atoms with Gasteiger partial charge >= 0.3 is 0 Å². The standard InChI is InChI=1S/C19H34N2O2/c1-18(2)15(11-19(18,3)23-5)21(4)17(22)14-9-12-7-6-8-13(10-14)16(12)20/h12-16H,6-11,20H2,1-5H3. The van der Waals surface area contributed by atoms with E-state index in [2.05, 4.69) is 20.8 Å². The van der Waals surface area contributed by atoms with Crippen LogP contribution in [-0.4, -0.2) is 42.6 Å². The zero-order valence-electron chi connectivity index (χ0n) is 15.5. The molecule has 0 saturated heterocycles. The molecule has 0 aromatic carbocycles. The number of carbonyl (C=O) groups excluding carboxylic acids is 1. The Morgan fingerprint density at radius 2 is 1.74 bits per heavy atom. The number of nitrogens with zero attached hydrogens (tertiary/aromatic N) is 1. The summed E-state index contributed by atoms with van der Waals surface area (Å²) in [5.74, 6) is 1.64. The number of amides is 1. The van der Waals surface area contributed by atoms with Crippen LogP contribution in [-0.2, 0) is 9.53 Å². The molecule has 3 saturated carbocycles. The topological polar surface area (TPSA) is 55.6 Å². The number of rotatable bonds is 3. The Labute approximate surface area is 141 Å². The summed E-state index contributed by atoms with van der Waals surface area (Å²) in [5, 5.41) is 0. The van der Waals surface area contributed by atoms with Crippen molar-refractivity contribution >= 4 is 5.91 Å². The molecular weight excluding hydrogens is 288 g/mol. The lowest BCUT2D eigenvalue weighted by atomic mass is 9.55. The fourth-order valence-corrected chi connectivity index (χ4v) is 5.51. The molecule has 3 fully saturated rings. The van der Waals surface area contributed by atoms with E-state index in [4.69, 9.17) is 10.5 Å². The van der Waals surface area contributed by atoms with Crippen LogP contribution in [0.15, 0.2) is 0 Å². The van der Waals surface area contributed by atoms with Crippen molar-refractivity contribution in [1.82, 2.24) is 4.90 Å². The van der Waals surface area contributed by atoms with Crippen LogP contribution in [0.2, 0.25) is 0 Å². The number of ether oxygens (including phenoxy) is 1. The summed E-state index contributed by atoms with van der Waals surface area (Å²) in [5.41, 5.74) is 6.24. The molecule has 3 aliphatic rings. The molecule has 0 heterocycles. The van der Waals surface area contributed by atoms with E-state index in [0.717, 1.165) is 19.3 Å². The number of nitrogens with two attached hydrogens (primary N) is 1. The first-order chi connectivity index (χ1) is 10.7. The zero-order valence-corrected chi connectivity index (χ0v) is 15.5. The number of hydrogen-bond acceptors (Lipinski definition) is 3. The van der Waals surface area contributed by atoms with Crippen molar-refractivity contribution in [3.05, 3.63) is 0 Å². The quantitative estimate of drug-likeness (QED) is 0.869. The Bertz CT molecular complexity index is 464. The maximum absolute atomic E-state index is 13.1. The molecule has 4 unspecified atom stereocenters. The monoisotopic (exact) mass is 322 g/mol. The van der Waals surface area contributed by atoms with E-state index >= 15 is 0 Å². The molecule has 0 aromatic rings. The van der Waals surface area contributed by atoms with Crippen molar-refractivity contribution in [3.63, 3.8) is 0 Å². The Hall–Kier alpha value is -0.610. The third-order valence-corrected chi connectivity index (χ3v) is 7.81. The summed E-state index contributed by atoms with van der Waals surface area (Å²) in [6.07, 6.45) is 6.63. The molecule has 0 spiro atoms. The molecule has 4 heteroatoms. The minimum Gasteiger partial charge on any atom is -0.378 e. The number of hydrogen-bond donors (Lipinski definition) is 1. The van der Waals surface area contributed by atoms with E-state index in [1.165, 1.54) is 19.3 Å². The van der Waals surface area contributed by atoms with Crippen LogP contribution >= 0.6 is 0 Å². The van der Waals surface area contributed by atoms with Crippen LogP contribution < -0.4 is 5.73 Å². The van der Waals surface area contributed by atoms with Crippen LogP contribution in [0.3, 0.4) is 0 Å². The molecule has 132 valence electrons. The van der Waals surface area contributed by atoms with Crippen molar-refractivity contribution in [2.45, 2.75) is 77.0 Å². The predicted octanol–water partition coefficient (Wildman–Crippen LogP) is 2.80. The molecule has 4 nitrogen and oxygen atoms in total. The van der Waals surface area contributed by atoms with Crippen molar-refractivity contribution in [2.75, 3.05) is 14.2 Å². The Kier molecular flexibility index (Phi) is 4.29. The summed E-state index contributed by atoms with van der Waals surface area (Å²) in [4.78, 5) is 15.1. The molecule has 3 rings (SSSR count). The van der Waals surface area contributed by atoms with Crippen LogP contribution in [0.25, 0.3) is 0 Å². The fraction of sp³-hybridized carbons (Fsp3) is 0.947. The number of fused-ring (bicyclic) bond motifs is 2. The summed E-state index contributed by atoms with van der Waals surface area (Å²) >= 11 is 0. The van der Waals surface area contributed by atoms with Gasteiger partial charge in [0.15, 0.2) is 0 Å². The molecular formula is C19H34N2O2. The Morgan fingerprint density at radius 3 is 2.22 bits per heavy atom. The first-order valence-corrected chi connectivity index (χ1v) is 9.28. The van der Waals surface area contributed by atoms with Crippen LogP contribution in [0.5, 0.6) is 0 Å². The molecule has 23 heavy (non-hydrogen) atoms. The number of carbonyl (C=O) groups is 1. The molecule has 0 aliphatic heterocycles. The molecule has 1 amide bonds. The number of methoxy groups -OCH3 is 1. The maximum atomic E-state index is 13.1. The highest BCUT2D eigenvalue weighted by Gasteiger charge is 2.60. The van der Waals surface area contributed by atoms with E-state index < -0.39 is 0 Å². The van der Waals surface area contributed by atoms with Crippen LogP contribution in [0, 0.1) is 23.2 Å². The van der Waals surface area contributed by atoms with Gasteiger partial charge < -0.3 is 15.4 Å². The van der Waals surface area contributed by atoms with Crippen LogP contribution in [0.1, 0.15) is 59.3 Å². The van der Waals surface area contributed by atoms with Gasteiger partial charge in [0.1, 0.15) is 0 Å². The van der Waals surface area contributed by atoms with Crippen molar-refractivity contribution in [2.24, 2.45) is 28.9 Å². The third kappa shape index (κ3) is 2.53. The van der Waals surface area contributed by atoms with Crippen molar-refractivity contribution in [3.8, 4) is 0 Å². The highest BCUT2D eigenvalue weighted by atomic mass is 16.5. The van der Waals surface area contributed by atoms with Gasteiger partial charge in [-0.1, -0.05) is 20.3 Å². The fourth-order valence-electron chi connectivity index (χ4n) is 5.51. The van der Waals surface area contributed by atoms with Gasteiger partial charge in [0.05, 0.1) is 5.60 Å². The van der Waals surface area contributed by atoms with Crippen LogP contribution in [0.4, 0.5) is 0 Å². The van der Waals surface area contributed by atoms with E-state index in [-0.39, 0.29) is 23.0 Å². The Morgan fingerprint density at radius 1 is 1.17 bits per heavy atom. The third-order valence-electron chi connectivity index (χ3n) is 7.81. The van der Waals surface area contributed by atoms with Gasteiger partial charge in [-0.25, -0.2) is 0 Å². The smallest absolute Gasteiger partial charge is 0.225 e. The van der Waals surface area contributed by atoms with E-state index in [1.54, 1.807) is 7.11 Å². The summed E-state index contributed by atoms with van der Waals surface area (Å²) in [6, 6.07) is 0.602. The molecule has 4 atom stereocenters.